The number of ether oxygens (including phenoxy) is 2. The van der Waals surface area contributed by atoms with Gasteiger partial charge in [0.1, 0.15) is 17.1 Å². The number of pyridine rings is 1. The fourth-order valence-electron chi connectivity index (χ4n) is 3.85. The second kappa shape index (κ2) is 11.7. The molecular weight excluding hydrogens is 505 g/mol. The molecule has 1 aliphatic heterocycles. The molecule has 11 heteroatoms. The third-order valence-electron chi connectivity index (χ3n) is 5.87. The molecule has 1 saturated heterocycles. The van der Waals surface area contributed by atoms with Crippen LogP contribution in [0.5, 0.6) is 0 Å². The predicted molar refractivity (Wildman–Crippen MR) is 140 cm³/mol. The van der Waals surface area contributed by atoms with E-state index in [-0.39, 0.29) is 10.7 Å². The number of H-pyrrole nitrogens is 1. The molecule has 3 aromatic rings. The van der Waals surface area contributed by atoms with Gasteiger partial charge in [-0.15, -0.1) is 0 Å². The molecule has 3 heterocycles. The summed E-state index contributed by atoms with van der Waals surface area (Å²) < 4.78 is 10.3. The molecule has 4 rings (SSSR count). The highest BCUT2D eigenvalue weighted by Gasteiger charge is 2.19. The number of methoxy groups -OCH3 is 1. The number of morpholine rings is 1. The Bertz CT molecular complexity index is 1240. The van der Waals surface area contributed by atoms with Crippen molar-refractivity contribution in [3.63, 3.8) is 0 Å². The maximum atomic E-state index is 12.6. The molecule has 0 unspecified atom stereocenters. The van der Waals surface area contributed by atoms with Gasteiger partial charge in [0.2, 0.25) is 0 Å². The van der Waals surface area contributed by atoms with Gasteiger partial charge in [-0.05, 0) is 30.7 Å². The third-order valence-corrected chi connectivity index (χ3v) is 6.82. The van der Waals surface area contributed by atoms with Gasteiger partial charge in [0.15, 0.2) is 0 Å². The quantitative estimate of drug-likeness (QED) is 0.368. The van der Waals surface area contributed by atoms with Gasteiger partial charge in [-0.3, -0.25) is 9.69 Å². The highest BCUT2D eigenvalue weighted by atomic mass is 35.5. The Morgan fingerprint density at radius 3 is 2.50 bits per heavy atom. The number of aromatic amines is 1. The number of amides is 1. The summed E-state index contributed by atoms with van der Waals surface area (Å²) in [5.41, 5.74) is 3.31. The summed E-state index contributed by atoms with van der Waals surface area (Å²) >= 11 is 12.2. The normalized spacial score (nSPS) is 13.9. The highest BCUT2D eigenvalue weighted by molar-refractivity contribution is 6.44. The van der Waals surface area contributed by atoms with Gasteiger partial charge in [0.25, 0.3) is 5.91 Å². The summed E-state index contributed by atoms with van der Waals surface area (Å²) in [6, 6.07) is 8.91. The minimum absolute atomic E-state index is 0.184. The Kier molecular flexibility index (Phi) is 8.48. The summed E-state index contributed by atoms with van der Waals surface area (Å²) in [7, 11) is 1.34. The zero-order valence-corrected chi connectivity index (χ0v) is 21.5. The van der Waals surface area contributed by atoms with E-state index in [4.69, 9.17) is 32.7 Å². The lowest BCUT2D eigenvalue weighted by atomic mass is 10.0. The van der Waals surface area contributed by atoms with Crippen LogP contribution < -0.4 is 10.6 Å². The SMILES string of the molecule is COC(=O)c1cc(-c2ccc(NC(=O)c3[nH]c(C)c(Cl)c3Cl)cc2)cnc1NCCN1CCOCC1. The number of carbonyl (C=O) groups is 2. The first-order valence-corrected chi connectivity index (χ1v) is 12.2. The second-order valence-electron chi connectivity index (χ2n) is 8.28. The van der Waals surface area contributed by atoms with Crippen molar-refractivity contribution in [3.8, 4) is 11.1 Å². The number of benzene rings is 1. The molecule has 3 N–H and O–H groups in total. The molecule has 2 aromatic heterocycles. The summed E-state index contributed by atoms with van der Waals surface area (Å²) in [5.74, 6) is -0.400. The minimum atomic E-state index is -0.473. The number of nitrogens with one attached hydrogen (secondary N) is 3. The van der Waals surface area contributed by atoms with Crippen molar-refractivity contribution in [1.29, 1.82) is 0 Å². The molecule has 0 aliphatic carbocycles. The topological polar surface area (TPSA) is 109 Å². The number of rotatable bonds is 8. The standard InChI is InChI=1S/C25H27Cl2N5O4/c1-15-20(26)21(27)22(30-15)24(33)31-18-5-3-16(4-6-18)17-13-19(25(34)35-2)23(29-14-17)28-7-8-32-9-11-36-12-10-32/h3-6,13-14,30H,7-12H2,1-2H3,(H,28,29)(H,31,33). The first-order valence-electron chi connectivity index (χ1n) is 11.4. The molecular formula is C25H27Cl2N5O4. The summed E-state index contributed by atoms with van der Waals surface area (Å²) in [6.07, 6.45) is 1.70. The lowest BCUT2D eigenvalue weighted by Crippen LogP contribution is -2.39. The van der Waals surface area contributed by atoms with Crippen LogP contribution in [-0.4, -0.2) is 73.2 Å². The van der Waals surface area contributed by atoms with Crippen molar-refractivity contribution in [1.82, 2.24) is 14.9 Å². The molecule has 0 spiro atoms. The van der Waals surface area contributed by atoms with Crippen LogP contribution in [0.1, 0.15) is 26.5 Å². The van der Waals surface area contributed by atoms with Crippen LogP contribution in [-0.2, 0) is 9.47 Å². The number of anilines is 2. The van der Waals surface area contributed by atoms with Crippen LogP contribution in [0.3, 0.4) is 0 Å². The molecule has 1 fully saturated rings. The van der Waals surface area contributed by atoms with Gasteiger partial charge in [0.05, 0.1) is 30.4 Å². The number of halogens is 2. The van der Waals surface area contributed by atoms with E-state index in [0.717, 1.165) is 44.0 Å². The maximum Gasteiger partial charge on any atom is 0.341 e. The highest BCUT2D eigenvalue weighted by Crippen LogP contribution is 2.30. The van der Waals surface area contributed by atoms with Gasteiger partial charge in [-0.25, -0.2) is 9.78 Å². The van der Waals surface area contributed by atoms with E-state index in [9.17, 15) is 9.59 Å². The lowest BCUT2D eigenvalue weighted by Gasteiger charge is -2.26. The summed E-state index contributed by atoms with van der Waals surface area (Å²) in [6.45, 7) is 6.44. The van der Waals surface area contributed by atoms with E-state index in [1.165, 1.54) is 7.11 Å². The molecule has 1 aromatic carbocycles. The van der Waals surface area contributed by atoms with Gasteiger partial charge in [0, 0.05) is 49.3 Å². The van der Waals surface area contributed by atoms with Gasteiger partial charge in [-0.1, -0.05) is 35.3 Å². The Morgan fingerprint density at radius 1 is 1.14 bits per heavy atom. The van der Waals surface area contributed by atoms with E-state index in [1.54, 1.807) is 31.3 Å². The summed E-state index contributed by atoms with van der Waals surface area (Å²) in [4.78, 5) is 34.7. The molecule has 0 bridgehead atoms. The van der Waals surface area contributed by atoms with Crippen molar-refractivity contribution < 1.29 is 19.1 Å². The fraction of sp³-hybridized carbons (Fsp3) is 0.320. The van der Waals surface area contributed by atoms with Crippen LogP contribution in [0.25, 0.3) is 11.1 Å². The molecule has 0 radical (unpaired) electrons. The van der Waals surface area contributed by atoms with Crippen molar-refractivity contribution in [3.05, 3.63) is 63.5 Å². The first-order chi connectivity index (χ1) is 17.4. The van der Waals surface area contributed by atoms with Crippen LogP contribution in [0.15, 0.2) is 36.5 Å². The average molecular weight is 532 g/mol. The lowest BCUT2D eigenvalue weighted by molar-refractivity contribution is 0.0398. The molecule has 1 aliphatic rings. The average Bonchev–Trinajstić information content (AvgIpc) is 3.16. The number of aromatic nitrogens is 2. The minimum Gasteiger partial charge on any atom is -0.465 e. The van der Waals surface area contributed by atoms with Crippen LogP contribution in [0.2, 0.25) is 10.0 Å². The van der Waals surface area contributed by atoms with Crippen molar-refractivity contribution in [2.75, 3.05) is 57.1 Å². The van der Waals surface area contributed by atoms with Gasteiger partial charge in [-0.2, -0.15) is 0 Å². The van der Waals surface area contributed by atoms with E-state index in [0.29, 0.717) is 34.3 Å². The number of hydrogen-bond donors (Lipinski definition) is 3. The molecule has 190 valence electrons. The molecule has 9 nitrogen and oxygen atoms in total. The van der Waals surface area contributed by atoms with Crippen LogP contribution >= 0.6 is 23.2 Å². The molecule has 36 heavy (non-hydrogen) atoms. The smallest absolute Gasteiger partial charge is 0.341 e. The zero-order chi connectivity index (χ0) is 25.7. The molecule has 0 saturated carbocycles. The monoisotopic (exact) mass is 531 g/mol. The predicted octanol–water partition coefficient (Wildman–Crippen LogP) is 4.47. The Morgan fingerprint density at radius 2 is 1.86 bits per heavy atom. The maximum absolute atomic E-state index is 12.6. The number of aryl methyl sites for hydroxylation is 1. The Hall–Kier alpha value is -3.11. The molecule has 0 atom stereocenters. The van der Waals surface area contributed by atoms with Crippen LogP contribution in [0, 0.1) is 6.92 Å². The van der Waals surface area contributed by atoms with Crippen LogP contribution in [0.4, 0.5) is 11.5 Å². The van der Waals surface area contributed by atoms with E-state index >= 15 is 0 Å². The number of hydrogen-bond acceptors (Lipinski definition) is 7. The number of nitrogens with zero attached hydrogens (tertiary/aromatic N) is 2. The number of carbonyl (C=O) groups excluding carboxylic acids is 2. The van der Waals surface area contributed by atoms with Crippen molar-refractivity contribution in [2.24, 2.45) is 0 Å². The van der Waals surface area contributed by atoms with Gasteiger partial charge >= 0.3 is 5.97 Å². The zero-order valence-electron chi connectivity index (χ0n) is 20.0. The summed E-state index contributed by atoms with van der Waals surface area (Å²) in [5, 5.41) is 6.55. The third kappa shape index (κ3) is 5.99. The van der Waals surface area contributed by atoms with E-state index in [2.05, 4.69) is 25.5 Å². The molecule has 1 amide bonds. The van der Waals surface area contributed by atoms with E-state index < -0.39 is 11.9 Å². The number of esters is 1. The Balaban J connectivity index is 1.45. The van der Waals surface area contributed by atoms with Gasteiger partial charge < -0.3 is 25.1 Å². The second-order valence-corrected chi connectivity index (χ2v) is 9.03. The first kappa shape index (κ1) is 26.0. The van der Waals surface area contributed by atoms with Crippen molar-refractivity contribution >= 4 is 46.6 Å². The Labute approximate surface area is 219 Å². The van der Waals surface area contributed by atoms with Crippen molar-refractivity contribution in [2.45, 2.75) is 6.92 Å². The van der Waals surface area contributed by atoms with E-state index in [1.807, 2.05) is 12.1 Å². The largest absolute Gasteiger partial charge is 0.465 e. The fourth-order valence-corrected chi connectivity index (χ4v) is 4.27.